The van der Waals surface area contributed by atoms with Gasteiger partial charge in [-0.25, -0.2) is 0 Å². The van der Waals surface area contributed by atoms with Crippen LogP contribution in [0.25, 0.3) is 0 Å². The molecule has 0 aliphatic carbocycles. The van der Waals surface area contributed by atoms with Gasteiger partial charge in [-0.3, -0.25) is 4.79 Å². The molecule has 0 N–H and O–H groups in total. The van der Waals surface area contributed by atoms with Crippen molar-refractivity contribution in [1.29, 1.82) is 0 Å². The van der Waals surface area contributed by atoms with Gasteiger partial charge >= 0.3 is 0 Å². The first-order valence-corrected chi connectivity index (χ1v) is 10.2. The third-order valence-corrected chi connectivity index (χ3v) is 5.55. The quantitative estimate of drug-likeness (QED) is 0.558. The van der Waals surface area contributed by atoms with Crippen molar-refractivity contribution in [1.82, 2.24) is 0 Å². The number of hydrogen-bond acceptors (Lipinski definition) is 4. The van der Waals surface area contributed by atoms with Gasteiger partial charge < -0.3 is 9.47 Å². The van der Waals surface area contributed by atoms with Gasteiger partial charge in [0.2, 0.25) is 6.29 Å². The second kappa shape index (κ2) is 10.9. The van der Waals surface area contributed by atoms with Gasteiger partial charge in [-0.05, 0) is 18.9 Å². The zero-order valence-electron chi connectivity index (χ0n) is 14.9. The number of ketones is 1. The highest BCUT2D eigenvalue weighted by Gasteiger charge is 2.31. The average molecular weight is 351 g/mol. The van der Waals surface area contributed by atoms with E-state index in [9.17, 15) is 4.79 Å². The fourth-order valence-corrected chi connectivity index (χ4v) is 3.89. The van der Waals surface area contributed by atoms with Crippen LogP contribution in [0.5, 0.6) is 0 Å². The monoisotopic (exact) mass is 350 g/mol. The third-order valence-electron chi connectivity index (χ3n) is 4.27. The maximum Gasteiger partial charge on any atom is 0.218 e. The van der Waals surface area contributed by atoms with Crippen LogP contribution in [0, 0.1) is 0 Å². The van der Waals surface area contributed by atoms with Gasteiger partial charge in [-0.15, -0.1) is 0 Å². The molecule has 1 fully saturated rings. The predicted octanol–water partition coefficient (Wildman–Crippen LogP) is 4.98. The van der Waals surface area contributed by atoms with E-state index in [0.29, 0.717) is 13.0 Å². The van der Waals surface area contributed by atoms with E-state index in [0.717, 1.165) is 18.6 Å². The highest BCUT2D eigenvalue weighted by Crippen LogP contribution is 2.26. The first kappa shape index (κ1) is 19.5. The van der Waals surface area contributed by atoms with Crippen molar-refractivity contribution >= 4 is 17.5 Å². The lowest BCUT2D eigenvalue weighted by atomic mass is 10.1. The summed E-state index contributed by atoms with van der Waals surface area (Å²) in [6, 6.07) is 10.3. The molecule has 3 nitrogen and oxygen atoms in total. The topological polar surface area (TPSA) is 35.5 Å². The lowest BCUT2D eigenvalue weighted by Crippen LogP contribution is -2.40. The summed E-state index contributed by atoms with van der Waals surface area (Å²) < 4.78 is 11.5. The zero-order chi connectivity index (χ0) is 17.2. The molecule has 4 heteroatoms. The summed E-state index contributed by atoms with van der Waals surface area (Å²) in [7, 11) is 0. The molecule has 1 aromatic rings. The number of rotatable bonds is 10. The first-order chi connectivity index (χ1) is 11.7. The van der Waals surface area contributed by atoms with Crippen LogP contribution in [-0.2, 0) is 20.0 Å². The summed E-state index contributed by atoms with van der Waals surface area (Å²) in [6.45, 7) is 4.84. The van der Waals surface area contributed by atoms with Gasteiger partial charge in [0.1, 0.15) is 0 Å². The van der Waals surface area contributed by atoms with Crippen LogP contribution in [0.15, 0.2) is 30.3 Å². The third kappa shape index (κ3) is 6.96. The molecular weight excluding hydrogens is 320 g/mol. The number of hydrogen-bond donors (Lipinski definition) is 0. The maximum atomic E-state index is 12.3. The largest absolute Gasteiger partial charge is 0.345 e. The smallest absolute Gasteiger partial charge is 0.218 e. The molecule has 1 saturated heterocycles. The zero-order valence-corrected chi connectivity index (χ0v) is 15.7. The van der Waals surface area contributed by atoms with Crippen LogP contribution in [0.4, 0.5) is 0 Å². The van der Waals surface area contributed by atoms with Crippen molar-refractivity contribution in [2.75, 3.05) is 6.61 Å². The molecule has 0 aromatic heterocycles. The molecule has 0 saturated carbocycles. The number of benzene rings is 1. The molecular formula is C20H30O3S. The molecule has 1 aromatic carbocycles. The SMILES string of the molecule is CCCCCC[C@@H](C)O[C@H]1OC[C@H](SCc2ccccc2)CC1=O. The lowest BCUT2D eigenvalue weighted by molar-refractivity contribution is -0.190. The van der Waals surface area contributed by atoms with Crippen LogP contribution >= 0.6 is 11.8 Å². The molecule has 0 spiro atoms. The molecule has 3 atom stereocenters. The second-order valence-electron chi connectivity index (χ2n) is 6.55. The molecule has 24 heavy (non-hydrogen) atoms. The predicted molar refractivity (Wildman–Crippen MR) is 100 cm³/mol. The lowest BCUT2D eigenvalue weighted by Gasteiger charge is -2.29. The molecule has 0 amide bonds. The minimum Gasteiger partial charge on any atom is -0.345 e. The van der Waals surface area contributed by atoms with Gasteiger partial charge in [0.05, 0.1) is 12.7 Å². The molecule has 1 aliphatic rings. The van der Waals surface area contributed by atoms with E-state index in [-0.39, 0.29) is 17.1 Å². The number of ether oxygens (including phenoxy) is 2. The Morgan fingerprint density at radius 3 is 2.75 bits per heavy atom. The van der Waals surface area contributed by atoms with E-state index >= 15 is 0 Å². The maximum absolute atomic E-state index is 12.3. The fourth-order valence-electron chi connectivity index (χ4n) is 2.82. The summed E-state index contributed by atoms with van der Waals surface area (Å²) in [6.07, 6.45) is 5.88. The van der Waals surface area contributed by atoms with Gasteiger partial charge in [0.25, 0.3) is 0 Å². The molecule has 2 rings (SSSR count). The molecule has 0 bridgehead atoms. The number of thioether (sulfide) groups is 1. The Kier molecular flexibility index (Phi) is 8.86. The summed E-state index contributed by atoms with van der Waals surface area (Å²) in [5.74, 6) is 1.01. The van der Waals surface area contributed by atoms with Crippen molar-refractivity contribution in [3.63, 3.8) is 0 Å². The van der Waals surface area contributed by atoms with Crippen molar-refractivity contribution in [2.45, 2.75) is 75.8 Å². The van der Waals surface area contributed by atoms with Gasteiger partial charge in [-0.2, -0.15) is 11.8 Å². The summed E-state index contributed by atoms with van der Waals surface area (Å²) in [4.78, 5) is 12.3. The molecule has 1 aliphatic heterocycles. The van der Waals surface area contributed by atoms with Gasteiger partial charge in [0.15, 0.2) is 5.78 Å². The number of carbonyl (C=O) groups is 1. The minimum absolute atomic E-state index is 0.0873. The van der Waals surface area contributed by atoms with Crippen LogP contribution in [-0.4, -0.2) is 30.0 Å². The fraction of sp³-hybridized carbons (Fsp3) is 0.650. The van der Waals surface area contributed by atoms with Crippen molar-refractivity contribution in [2.24, 2.45) is 0 Å². The van der Waals surface area contributed by atoms with Crippen molar-refractivity contribution < 1.29 is 14.3 Å². The Bertz CT molecular complexity index is 477. The van der Waals surface area contributed by atoms with E-state index in [1.807, 2.05) is 25.1 Å². The summed E-state index contributed by atoms with van der Waals surface area (Å²) in [5, 5.41) is 0.234. The molecule has 134 valence electrons. The Morgan fingerprint density at radius 1 is 1.25 bits per heavy atom. The summed E-state index contributed by atoms with van der Waals surface area (Å²) in [5.41, 5.74) is 1.29. The van der Waals surface area contributed by atoms with E-state index in [4.69, 9.17) is 9.47 Å². The molecule has 1 heterocycles. The summed E-state index contributed by atoms with van der Waals surface area (Å²) >= 11 is 1.79. The van der Waals surface area contributed by atoms with Crippen LogP contribution in [0.2, 0.25) is 0 Å². The Labute approximate surface area is 150 Å². The van der Waals surface area contributed by atoms with Gasteiger partial charge in [-0.1, -0.05) is 62.9 Å². The molecule has 0 radical (unpaired) electrons. The average Bonchev–Trinajstić information content (AvgIpc) is 2.60. The van der Waals surface area contributed by atoms with Crippen molar-refractivity contribution in [3.8, 4) is 0 Å². The highest BCUT2D eigenvalue weighted by atomic mass is 32.2. The normalized spacial score (nSPS) is 22.5. The van der Waals surface area contributed by atoms with E-state index < -0.39 is 6.29 Å². The van der Waals surface area contributed by atoms with E-state index in [1.165, 1.54) is 24.8 Å². The molecule has 0 unspecified atom stereocenters. The van der Waals surface area contributed by atoms with Crippen molar-refractivity contribution in [3.05, 3.63) is 35.9 Å². The Balaban J connectivity index is 1.66. The highest BCUT2D eigenvalue weighted by molar-refractivity contribution is 7.99. The van der Waals surface area contributed by atoms with Gasteiger partial charge in [0, 0.05) is 17.4 Å². The van der Waals surface area contributed by atoms with Crippen LogP contribution < -0.4 is 0 Å². The van der Waals surface area contributed by atoms with E-state index in [2.05, 4.69) is 19.1 Å². The Hall–Kier alpha value is -0.840. The number of carbonyl (C=O) groups excluding carboxylic acids is 1. The number of unbranched alkanes of at least 4 members (excludes halogenated alkanes) is 3. The standard InChI is InChI=1S/C20H30O3S/c1-3-4-5-7-10-16(2)23-20-19(21)13-18(14-22-20)24-15-17-11-8-6-9-12-17/h6,8-9,11-12,16,18,20H,3-5,7,10,13-15H2,1-2H3/t16-,18-,20-/m1/s1. The minimum atomic E-state index is -0.653. The van der Waals surface area contributed by atoms with Crippen LogP contribution in [0.1, 0.15) is 57.9 Å². The number of Topliss-reactive ketones (excluding diaryl/α,β-unsaturated/α-hetero) is 1. The van der Waals surface area contributed by atoms with E-state index in [1.54, 1.807) is 11.8 Å². The Morgan fingerprint density at radius 2 is 2.04 bits per heavy atom. The first-order valence-electron chi connectivity index (χ1n) is 9.14. The second-order valence-corrected chi connectivity index (χ2v) is 7.84. The van der Waals surface area contributed by atoms with Crippen LogP contribution in [0.3, 0.4) is 0 Å².